The van der Waals surface area contributed by atoms with Crippen molar-refractivity contribution in [3.05, 3.63) is 0 Å². The van der Waals surface area contributed by atoms with Gasteiger partial charge in [-0.2, -0.15) is 0 Å². The number of nitrogens with zero attached hydrogens (tertiary/aromatic N) is 1. The molecular weight excluding hydrogens is 232 g/mol. The number of carboxylic acid groups (broad SMARTS) is 1. The molecule has 5 heteroatoms. The highest BCUT2D eigenvalue weighted by molar-refractivity contribution is 5.77. The van der Waals surface area contributed by atoms with Gasteiger partial charge in [-0.3, -0.25) is 4.79 Å². The molecule has 0 bridgehead atoms. The Hall–Kier alpha value is -1.26. The summed E-state index contributed by atoms with van der Waals surface area (Å²) < 4.78 is 0. The molecule has 1 aliphatic carbocycles. The molecule has 1 saturated carbocycles. The summed E-state index contributed by atoms with van der Waals surface area (Å²) in [6.45, 7) is 5.04. The molecule has 2 aliphatic rings. The fourth-order valence-corrected chi connectivity index (χ4v) is 2.51. The molecule has 2 rings (SSSR count). The van der Waals surface area contributed by atoms with Gasteiger partial charge in [-0.1, -0.05) is 6.92 Å². The van der Waals surface area contributed by atoms with Crippen LogP contribution in [0.4, 0.5) is 4.79 Å². The lowest BCUT2D eigenvalue weighted by Gasteiger charge is -2.38. The average molecular weight is 254 g/mol. The van der Waals surface area contributed by atoms with E-state index in [1.165, 1.54) is 0 Å². The molecule has 0 radical (unpaired) electrons. The van der Waals surface area contributed by atoms with Gasteiger partial charge in [-0.05, 0) is 39.0 Å². The molecule has 2 amide bonds. The van der Waals surface area contributed by atoms with Crippen molar-refractivity contribution in [3.8, 4) is 0 Å². The van der Waals surface area contributed by atoms with Crippen molar-refractivity contribution >= 4 is 12.0 Å². The van der Waals surface area contributed by atoms with Gasteiger partial charge in [0, 0.05) is 18.6 Å². The SMILES string of the molecule is CCC1(C(=O)O)CCN(C(=O)NC2(C)CC2)CC1. The minimum absolute atomic E-state index is 0.0107. The third kappa shape index (κ3) is 2.44. The Morgan fingerprint density at radius 1 is 1.22 bits per heavy atom. The maximum Gasteiger partial charge on any atom is 0.317 e. The minimum Gasteiger partial charge on any atom is -0.481 e. The molecule has 102 valence electrons. The van der Waals surface area contributed by atoms with Crippen LogP contribution in [0.1, 0.15) is 46.0 Å². The summed E-state index contributed by atoms with van der Waals surface area (Å²) >= 11 is 0. The van der Waals surface area contributed by atoms with Crippen molar-refractivity contribution in [2.75, 3.05) is 13.1 Å². The van der Waals surface area contributed by atoms with Gasteiger partial charge in [0.25, 0.3) is 0 Å². The molecule has 0 atom stereocenters. The summed E-state index contributed by atoms with van der Waals surface area (Å²) in [6, 6.07) is -0.0370. The van der Waals surface area contributed by atoms with Crippen molar-refractivity contribution in [1.29, 1.82) is 0 Å². The topological polar surface area (TPSA) is 69.6 Å². The van der Waals surface area contributed by atoms with Gasteiger partial charge in [0.15, 0.2) is 0 Å². The first-order valence-corrected chi connectivity index (χ1v) is 6.71. The Bertz CT molecular complexity index is 355. The van der Waals surface area contributed by atoms with E-state index in [0.29, 0.717) is 32.4 Å². The summed E-state index contributed by atoms with van der Waals surface area (Å²) in [6.07, 6.45) is 3.84. The van der Waals surface area contributed by atoms with Crippen LogP contribution in [0.25, 0.3) is 0 Å². The summed E-state index contributed by atoms with van der Waals surface area (Å²) in [4.78, 5) is 25.0. The van der Waals surface area contributed by atoms with Gasteiger partial charge in [-0.15, -0.1) is 0 Å². The van der Waals surface area contributed by atoms with Crippen LogP contribution in [0.2, 0.25) is 0 Å². The monoisotopic (exact) mass is 254 g/mol. The Morgan fingerprint density at radius 3 is 2.17 bits per heavy atom. The molecule has 0 spiro atoms. The molecule has 0 aromatic heterocycles. The van der Waals surface area contributed by atoms with Crippen LogP contribution in [0.3, 0.4) is 0 Å². The average Bonchev–Trinajstić information content (AvgIpc) is 3.06. The van der Waals surface area contributed by atoms with Crippen LogP contribution < -0.4 is 5.32 Å². The predicted octanol–water partition coefficient (Wildman–Crippen LogP) is 1.83. The van der Waals surface area contributed by atoms with E-state index in [4.69, 9.17) is 0 Å². The van der Waals surface area contributed by atoms with Gasteiger partial charge in [0.05, 0.1) is 5.41 Å². The molecule has 5 nitrogen and oxygen atoms in total. The summed E-state index contributed by atoms with van der Waals surface area (Å²) in [5.74, 6) is -0.723. The lowest BCUT2D eigenvalue weighted by atomic mass is 9.76. The first kappa shape index (κ1) is 13.2. The quantitative estimate of drug-likeness (QED) is 0.807. The fraction of sp³-hybridized carbons (Fsp3) is 0.846. The van der Waals surface area contributed by atoms with Gasteiger partial charge in [-0.25, -0.2) is 4.79 Å². The zero-order valence-electron chi connectivity index (χ0n) is 11.2. The number of hydrogen-bond acceptors (Lipinski definition) is 2. The molecule has 1 aliphatic heterocycles. The number of likely N-dealkylation sites (tertiary alicyclic amines) is 1. The van der Waals surface area contributed by atoms with E-state index < -0.39 is 11.4 Å². The zero-order chi connectivity index (χ0) is 13.4. The molecule has 0 unspecified atom stereocenters. The van der Waals surface area contributed by atoms with E-state index in [2.05, 4.69) is 5.32 Å². The number of rotatable bonds is 3. The van der Waals surface area contributed by atoms with Crippen molar-refractivity contribution < 1.29 is 14.7 Å². The first-order chi connectivity index (χ1) is 8.41. The maximum absolute atomic E-state index is 12.0. The van der Waals surface area contributed by atoms with E-state index in [9.17, 15) is 14.7 Å². The number of urea groups is 1. The lowest BCUT2D eigenvalue weighted by molar-refractivity contribution is -0.151. The first-order valence-electron chi connectivity index (χ1n) is 6.71. The Kier molecular flexibility index (Phi) is 3.25. The number of carbonyl (C=O) groups is 2. The van der Waals surface area contributed by atoms with E-state index in [1.807, 2.05) is 13.8 Å². The number of aliphatic carboxylic acids is 1. The number of carbonyl (C=O) groups excluding carboxylic acids is 1. The van der Waals surface area contributed by atoms with Crippen LogP contribution in [-0.2, 0) is 4.79 Å². The Balaban J connectivity index is 1.89. The smallest absolute Gasteiger partial charge is 0.317 e. The Labute approximate surface area is 108 Å². The predicted molar refractivity (Wildman–Crippen MR) is 67.3 cm³/mol. The highest BCUT2D eigenvalue weighted by Gasteiger charge is 2.43. The number of hydrogen-bond donors (Lipinski definition) is 2. The molecule has 0 aromatic rings. The molecule has 0 aromatic carbocycles. The van der Waals surface area contributed by atoms with Crippen molar-refractivity contribution in [3.63, 3.8) is 0 Å². The summed E-state index contributed by atoms with van der Waals surface area (Å²) in [5.41, 5.74) is -0.635. The van der Waals surface area contributed by atoms with Crippen molar-refractivity contribution in [2.24, 2.45) is 5.41 Å². The number of carboxylic acids is 1. The zero-order valence-corrected chi connectivity index (χ0v) is 11.2. The molecule has 2 fully saturated rings. The minimum atomic E-state index is -0.723. The standard InChI is InChI=1S/C13H22N2O3/c1-3-13(10(16)17)6-8-15(9-7-13)11(18)14-12(2)4-5-12/h3-9H2,1-2H3,(H,14,18)(H,16,17). The van der Waals surface area contributed by atoms with Crippen molar-refractivity contribution in [2.45, 2.75) is 51.5 Å². The van der Waals surface area contributed by atoms with Gasteiger partial charge in [0.2, 0.25) is 0 Å². The molecule has 2 N–H and O–H groups in total. The molecule has 1 saturated heterocycles. The summed E-state index contributed by atoms with van der Waals surface area (Å²) in [7, 11) is 0. The van der Waals surface area contributed by atoms with Gasteiger partial charge in [0.1, 0.15) is 0 Å². The van der Waals surface area contributed by atoms with Gasteiger partial charge < -0.3 is 15.3 Å². The Morgan fingerprint density at radius 2 is 1.78 bits per heavy atom. The normalized spacial score (nSPS) is 24.4. The summed E-state index contributed by atoms with van der Waals surface area (Å²) in [5, 5.41) is 12.3. The third-order valence-electron chi connectivity index (χ3n) is 4.55. The number of amides is 2. The number of piperidine rings is 1. The van der Waals surface area contributed by atoms with Crippen LogP contribution in [-0.4, -0.2) is 40.6 Å². The molecular formula is C13H22N2O3. The van der Waals surface area contributed by atoms with Crippen LogP contribution in [0, 0.1) is 5.41 Å². The number of nitrogens with one attached hydrogen (secondary N) is 1. The highest BCUT2D eigenvalue weighted by atomic mass is 16.4. The molecule has 1 heterocycles. The fourth-order valence-electron chi connectivity index (χ4n) is 2.51. The van der Waals surface area contributed by atoms with Crippen molar-refractivity contribution in [1.82, 2.24) is 10.2 Å². The second-order valence-corrected chi connectivity index (χ2v) is 5.92. The van der Waals surface area contributed by atoms with E-state index in [1.54, 1.807) is 4.90 Å². The highest BCUT2D eigenvalue weighted by Crippen LogP contribution is 2.37. The van der Waals surface area contributed by atoms with E-state index in [-0.39, 0.29) is 11.6 Å². The third-order valence-corrected chi connectivity index (χ3v) is 4.55. The van der Waals surface area contributed by atoms with Crippen LogP contribution in [0.15, 0.2) is 0 Å². The molecule has 18 heavy (non-hydrogen) atoms. The van der Waals surface area contributed by atoms with Crippen LogP contribution in [0.5, 0.6) is 0 Å². The van der Waals surface area contributed by atoms with Crippen LogP contribution >= 0.6 is 0 Å². The van der Waals surface area contributed by atoms with E-state index >= 15 is 0 Å². The maximum atomic E-state index is 12.0. The van der Waals surface area contributed by atoms with E-state index in [0.717, 1.165) is 12.8 Å². The second kappa shape index (κ2) is 4.44. The largest absolute Gasteiger partial charge is 0.481 e. The second-order valence-electron chi connectivity index (χ2n) is 5.92. The lowest BCUT2D eigenvalue weighted by Crippen LogP contribution is -2.51. The van der Waals surface area contributed by atoms with Gasteiger partial charge >= 0.3 is 12.0 Å².